The Labute approximate surface area is 92.4 Å². The Hall–Kier alpha value is -2.42. The highest BCUT2D eigenvalue weighted by molar-refractivity contribution is 5.42. The van der Waals surface area contributed by atoms with Crippen LogP contribution < -0.4 is 5.32 Å². The molecule has 0 fully saturated rings. The number of H-pyrrole nitrogens is 1. The number of hydrogen-bond acceptors (Lipinski definition) is 5. The molecule has 0 spiro atoms. The molecule has 80 valence electrons. The van der Waals surface area contributed by atoms with Crippen molar-refractivity contribution in [2.45, 2.75) is 6.42 Å². The third-order valence-electron chi connectivity index (χ3n) is 2.02. The summed E-state index contributed by atoms with van der Waals surface area (Å²) in [5.74, 6) is 1.52. The second-order valence-electron chi connectivity index (χ2n) is 3.15. The first-order chi connectivity index (χ1) is 7.88. The van der Waals surface area contributed by atoms with Gasteiger partial charge in [-0.3, -0.25) is 5.10 Å². The summed E-state index contributed by atoms with van der Waals surface area (Å²) in [6, 6.07) is 5.44. The van der Waals surface area contributed by atoms with Gasteiger partial charge in [-0.15, -0.1) is 0 Å². The van der Waals surface area contributed by atoms with E-state index in [0.29, 0.717) is 17.9 Å². The second kappa shape index (κ2) is 4.89. The first-order valence-electron chi connectivity index (χ1n) is 4.83. The summed E-state index contributed by atoms with van der Waals surface area (Å²) in [6.45, 7) is 0.692. The fourth-order valence-electron chi connectivity index (χ4n) is 1.26. The monoisotopic (exact) mass is 214 g/mol. The van der Waals surface area contributed by atoms with Gasteiger partial charge in [0.1, 0.15) is 18.0 Å². The maximum absolute atomic E-state index is 8.71. The van der Waals surface area contributed by atoms with Gasteiger partial charge in [0.05, 0.1) is 11.6 Å². The fourth-order valence-corrected chi connectivity index (χ4v) is 1.26. The molecule has 2 aromatic heterocycles. The van der Waals surface area contributed by atoms with E-state index in [-0.39, 0.29) is 0 Å². The van der Waals surface area contributed by atoms with Crippen LogP contribution >= 0.6 is 0 Å². The number of pyridine rings is 1. The van der Waals surface area contributed by atoms with Crippen LogP contribution in [-0.2, 0) is 6.42 Å². The van der Waals surface area contributed by atoms with E-state index >= 15 is 0 Å². The van der Waals surface area contributed by atoms with Gasteiger partial charge in [0, 0.05) is 19.2 Å². The van der Waals surface area contributed by atoms with E-state index in [1.54, 1.807) is 18.3 Å². The predicted octanol–water partition coefficient (Wildman–Crippen LogP) is 0.726. The lowest BCUT2D eigenvalue weighted by atomic mass is 10.3. The molecule has 0 aromatic carbocycles. The number of aromatic amines is 1. The largest absolute Gasteiger partial charge is 0.370 e. The molecule has 6 heteroatoms. The summed E-state index contributed by atoms with van der Waals surface area (Å²) < 4.78 is 0. The molecule has 0 aliphatic heterocycles. The maximum atomic E-state index is 8.71. The highest BCUT2D eigenvalue weighted by atomic mass is 15.2. The third-order valence-corrected chi connectivity index (χ3v) is 2.02. The van der Waals surface area contributed by atoms with E-state index < -0.39 is 0 Å². The summed E-state index contributed by atoms with van der Waals surface area (Å²) in [7, 11) is 0. The summed E-state index contributed by atoms with van der Waals surface area (Å²) in [4.78, 5) is 8.10. The SMILES string of the molecule is N#Cc1ccnc(NCCc2ncn[nH]2)c1. The molecule has 0 saturated carbocycles. The fraction of sp³-hybridized carbons (Fsp3) is 0.200. The Morgan fingerprint density at radius 1 is 1.44 bits per heavy atom. The van der Waals surface area contributed by atoms with Gasteiger partial charge in [0.2, 0.25) is 0 Å². The van der Waals surface area contributed by atoms with Gasteiger partial charge in [-0.05, 0) is 12.1 Å². The average molecular weight is 214 g/mol. The van der Waals surface area contributed by atoms with Crippen molar-refractivity contribution in [3.05, 3.63) is 36.0 Å². The Bertz CT molecular complexity index is 484. The van der Waals surface area contributed by atoms with E-state index in [1.165, 1.54) is 6.33 Å². The van der Waals surface area contributed by atoms with Crippen LogP contribution in [0.4, 0.5) is 5.82 Å². The van der Waals surface area contributed by atoms with Gasteiger partial charge < -0.3 is 5.32 Å². The number of rotatable bonds is 4. The van der Waals surface area contributed by atoms with Gasteiger partial charge in [-0.2, -0.15) is 10.4 Å². The van der Waals surface area contributed by atoms with Crippen molar-refractivity contribution in [3.8, 4) is 6.07 Å². The summed E-state index contributed by atoms with van der Waals surface area (Å²) in [5.41, 5.74) is 0.595. The molecular formula is C10H10N6. The Kier molecular flexibility index (Phi) is 3.09. The van der Waals surface area contributed by atoms with Crippen molar-refractivity contribution in [2.24, 2.45) is 0 Å². The second-order valence-corrected chi connectivity index (χ2v) is 3.15. The predicted molar refractivity (Wildman–Crippen MR) is 57.5 cm³/mol. The molecule has 2 heterocycles. The van der Waals surface area contributed by atoms with E-state index in [4.69, 9.17) is 5.26 Å². The molecule has 2 N–H and O–H groups in total. The Morgan fingerprint density at radius 3 is 3.12 bits per heavy atom. The smallest absolute Gasteiger partial charge is 0.137 e. The average Bonchev–Trinajstić information content (AvgIpc) is 2.82. The molecular weight excluding hydrogens is 204 g/mol. The molecule has 0 amide bonds. The molecule has 0 radical (unpaired) electrons. The molecule has 0 bridgehead atoms. The normalized spacial score (nSPS) is 9.69. The standard InChI is InChI=1S/C10H10N6/c11-6-8-1-3-12-10(5-8)13-4-2-9-14-7-15-16-9/h1,3,5,7H,2,4H2,(H,12,13)(H,14,15,16). The van der Waals surface area contributed by atoms with Crippen molar-refractivity contribution >= 4 is 5.82 Å². The Balaban J connectivity index is 1.88. The van der Waals surface area contributed by atoms with Gasteiger partial charge in [-0.25, -0.2) is 9.97 Å². The van der Waals surface area contributed by atoms with Crippen molar-refractivity contribution < 1.29 is 0 Å². The minimum Gasteiger partial charge on any atom is -0.370 e. The Morgan fingerprint density at radius 2 is 2.38 bits per heavy atom. The van der Waals surface area contributed by atoms with Gasteiger partial charge in [-0.1, -0.05) is 0 Å². The molecule has 0 aliphatic rings. The molecule has 0 atom stereocenters. The van der Waals surface area contributed by atoms with Crippen LogP contribution in [0.5, 0.6) is 0 Å². The highest BCUT2D eigenvalue weighted by Crippen LogP contribution is 2.05. The molecule has 0 aliphatic carbocycles. The first kappa shape index (κ1) is 10.1. The van der Waals surface area contributed by atoms with Crippen molar-refractivity contribution in [3.63, 3.8) is 0 Å². The maximum Gasteiger partial charge on any atom is 0.137 e. The van der Waals surface area contributed by atoms with Crippen LogP contribution in [-0.4, -0.2) is 26.7 Å². The number of nitrogens with one attached hydrogen (secondary N) is 2. The van der Waals surface area contributed by atoms with Crippen LogP contribution in [0, 0.1) is 11.3 Å². The highest BCUT2D eigenvalue weighted by Gasteiger charge is 1.98. The van der Waals surface area contributed by atoms with Crippen LogP contribution in [0.1, 0.15) is 11.4 Å². The topological polar surface area (TPSA) is 90.3 Å². The lowest BCUT2D eigenvalue weighted by molar-refractivity contribution is 0.897. The molecule has 2 aromatic rings. The number of hydrogen-bond donors (Lipinski definition) is 2. The van der Waals surface area contributed by atoms with Crippen molar-refractivity contribution in [2.75, 3.05) is 11.9 Å². The van der Waals surface area contributed by atoms with Crippen molar-refractivity contribution in [1.29, 1.82) is 5.26 Å². The van der Waals surface area contributed by atoms with E-state index in [1.807, 2.05) is 0 Å². The zero-order chi connectivity index (χ0) is 11.2. The van der Waals surface area contributed by atoms with E-state index in [9.17, 15) is 0 Å². The summed E-state index contributed by atoms with van der Waals surface area (Å²) in [6.07, 6.45) is 3.82. The van der Waals surface area contributed by atoms with Crippen LogP contribution in [0.3, 0.4) is 0 Å². The lowest BCUT2D eigenvalue weighted by Gasteiger charge is -2.03. The number of anilines is 1. The van der Waals surface area contributed by atoms with E-state index in [0.717, 1.165) is 12.2 Å². The quantitative estimate of drug-likeness (QED) is 0.782. The lowest BCUT2D eigenvalue weighted by Crippen LogP contribution is -2.07. The van der Waals surface area contributed by atoms with Crippen LogP contribution in [0.15, 0.2) is 24.7 Å². The third kappa shape index (κ3) is 2.54. The minimum absolute atomic E-state index is 0.595. The van der Waals surface area contributed by atoms with Crippen molar-refractivity contribution in [1.82, 2.24) is 20.2 Å². The molecule has 16 heavy (non-hydrogen) atoms. The van der Waals surface area contributed by atoms with Gasteiger partial charge in [0.15, 0.2) is 0 Å². The molecule has 2 rings (SSSR count). The zero-order valence-electron chi connectivity index (χ0n) is 8.51. The number of nitrogens with zero attached hydrogens (tertiary/aromatic N) is 4. The molecule has 6 nitrogen and oxygen atoms in total. The molecule has 0 unspecified atom stereocenters. The number of aromatic nitrogens is 4. The summed E-state index contributed by atoms with van der Waals surface area (Å²) >= 11 is 0. The first-order valence-corrected chi connectivity index (χ1v) is 4.83. The minimum atomic E-state index is 0.595. The van der Waals surface area contributed by atoms with Gasteiger partial charge in [0.25, 0.3) is 0 Å². The van der Waals surface area contributed by atoms with E-state index in [2.05, 4.69) is 31.6 Å². The van der Waals surface area contributed by atoms with Crippen LogP contribution in [0.2, 0.25) is 0 Å². The summed E-state index contributed by atoms with van der Waals surface area (Å²) in [5, 5.41) is 18.3. The number of nitriles is 1. The zero-order valence-corrected chi connectivity index (χ0v) is 8.51. The van der Waals surface area contributed by atoms with Crippen LogP contribution in [0.25, 0.3) is 0 Å². The molecule has 0 saturated heterocycles. The van der Waals surface area contributed by atoms with Gasteiger partial charge >= 0.3 is 0 Å².